The Labute approximate surface area is 301 Å². The second-order valence-corrected chi connectivity index (χ2v) is 15.2. The lowest BCUT2D eigenvalue weighted by atomic mass is 9.87. The summed E-state index contributed by atoms with van der Waals surface area (Å²) in [6.45, 7) is 12.6. The second-order valence-electron chi connectivity index (χ2n) is 15.2. The number of alkyl carbamates (subject to hydrolysis) is 1. The van der Waals surface area contributed by atoms with Gasteiger partial charge in [-0.3, -0.25) is 9.59 Å². The van der Waals surface area contributed by atoms with Crippen LogP contribution in [-0.4, -0.2) is 63.2 Å². The van der Waals surface area contributed by atoms with Gasteiger partial charge < -0.3 is 30.1 Å². The van der Waals surface area contributed by atoms with Crippen molar-refractivity contribution >= 4 is 23.9 Å². The van der Waals surface area contributed by atoms with Crippen molar-refractivity contribution < 1.29 is 33.8 Å². The van der Waals surface area contributed by atoms with Crippen molar-refractivity contribution in [2.75, 3.05) is 0 Å². The number of hydrogen-bond acceptors (Lipinski definition) is 7. The standard InChI is InChI=1S/C41H53N3O7/c1-8-27-17-21-30(22-18-27)35(36(46)42-34(38(48)50-40(2,3)4)26-28-13-10-9-11-14-28)44(31-15-12-16-31)37(47)33(43-39(49)51-41(5,6)7)25-29-19-23-32(45)24-20-29/h9-11,13-14,17-24,31,33-35,45H,8,12,15-16,25-26H2,1-7H3,(H,42,46)(H,43,49). The highest BCUT2D eigenvalue weighted by Gasteiger charge is 2.43. The Kier molecular flexibility index (Phi) is 12.9. The third-order valence-corrected chi connectivity index (χ3v) is 8.61. The highest BCUT2D eigenvalue weighted by molar-refractivity contribution is 5.94. The molecule has 0 aromatic heterocycles. The zero-order chi connectivity index (χ0) is 37.3. The molecule has 0 radical (unpaired) electrons. The number of carbonyl (C=O) groups is 4. The molecule has 4 rings (SSSR count). The minimum atomic E-state index is -1.13. The Morgan fingerprint density at radius 3 is 1.82 bits per heavy atom. The summed E-state index contributed by atoms with van der Waals surface area (Å²) < 4.78 is 11.3. The predicted octanol–water partition coefficient (Wildman–Crippen LogP) is 6.58. The number of carbonyl (C=O) groups excluding carboxylic acids is 4. The van der Waals surface area contributed by atoms with E-state index in [-0.39, 0.29) is 24.6 Å². The number of aryl methyl sites for hydroxylation is 1. The molecule has 1 saturated carbocycles. The Bertz CT molecular complexity index is 1620. The molecule has 1 aliphatic rings. The van der Waals surface area contributed by atoms with Crippen molar-refractivity contribution in [3.05, 3.63) is 101 Å². The number of ether oxygens (including phenoxy) is 2. The van der Waals surface area contributed by atoms with Gasteiger partial charge in [0.15, 0.2) is 0 Å². The van der Waals surface area contributed by atoms with E-state index in [2.05, 4.69) is 10.6 Å². The van der Waals surface area contributed by atoms with Gasteiger partial charge in [0.05, 0.1) is 0 Å². The van der Waals surface area contributed by atoms with Crippen LogP contribution in [0.1, 0.15) is 96.0 Å². The molecule has 3 N–H and O–H groups in total. The maximum Gasteiger partial charge on any atom is 0.408 e. The molecule has 10 nitrogen and oxygen atoms in total. The zero-order valence-corrected chi connectivity index (χ0v) is 30.9. The fourth-order valence-corrected chi connectivity index (χ4v) is 5.92. The van der Waals surface area contributed by atoms with Crippen LogP contribution in [0.2, 0.25) is 0 Å². The van der Waals surface area contributed by atoms with Crippen LogP contribution in [0.25, 0.3) is 0 Å². The molecule has 3 aromatic carbocycles. The van der Waals surface area contributed by atoms with Crippen molar-refractivity contribution in [3.8, 4) is 5.75 Å². The van der Waals surface area contributed by atoms with E-state index in [0.717, 1.165) is 24.0 Å². The topological polar surface area (TPSA) is 134 Å². The van der Waals surface area contributed by atoms with Gasteiger partial charge in [-0.15, -0.1) is 0 Å². The molecular formula is C41H53N3O7. The lowest BCUT2D eigenvalue weighted by Gasteiger charge is -2.44. The average Bonchev–Trinajstić information content (AvgIpc) is 3.03. The first-order chi connectivity index (χ1) is 24.0. The summed E-state index contributed by atoms with van der Waals surface area (Å²) in [5.41, 5.74) is 1.55. The van der Waals surface area contributed by atoms with Crippen LogP contribution in [0.4, 0.5) is 4.79 Å². The number of amides is 3. The van der Waals surface area contributed by atoms with E-state index in [1.807, 2.05) is 61.5 Å². The molecule has 1 fully saturated rings. The molecule has 0 spiro atoms. The lowest BCUT2D eigenvalue weighted by Crippen LogP contribution is -2.59. The summed E-state index contributed by atoms with van der Waals surface area (Å²) in [7, 11) is 0. The van der Waals surface area contributed by atoms with Crippen LogP contribution in [0, 0.1) is 0 Å². The van der Waals surface area contributed by atoms with Crippen LogP contribution in [0.5, 0.6) is 5.75 Å². The number of benzene rings is 3. The van der Waals surface area contributed by atoms with E-state index in [9.17, 15) is 24.3 Å². The quantitative estimate of drug-likeness (QED) is 0.172. The van der Waals surface area contributed by atoms with Gasteiger partial charge in [0, 0.05) is 18.9 Å². The molecule has 0 heterocycles. The van der Waals surface area contributed by atoms with Gasteiger partial charge >= 0.3 is 12.1 Å². The highest BCUT2D eigenvalue weighted by atomic mass is 16.6. The summed E-state index contributed by atoms with van der Waals surface area (Å²) in [6.07, 6.45) is 2.49. The monoisotopic (exact) mass is 699 g/mol. The van der Waals surface area contributed by atoms with E-state index < -0.39 is 53.2 Å². The van der Waals surface area contributed by atoms with Gasteiger partial charge in [-0.25, -0.2) is 9.59 Å². The molecule has 0 bridgehead atoms. The Balaban J connectivity index is 1.78. The van der Waals surface area contributed by atoms with Gasteiger partial charge in [-0.05, 0) is 102 Å². The van der Waals surface area contributed by atoms with Gasteiger partial charge in [-0.2, -0.15) is 0 Å². The third-order valence-electron chi connectivity index (χ3n) is 8.61. The zero-order valence-electron chi connectivity index (χ0n) is 30.9. The summed E-state index contributed by atoms with van der Waals surface area (Å²) in [6, 6.07) is 19.8. The number of phenols is 1. The number of aromatic hydroxyl groups is 1. The van der Waals surface area contributed by atoms with Crippen molar-refractivity contribution in [1.82, 2.24) is 15.5 Å². The number of hydrogen-bond donors (Lipinski definition) is 3. The first-order valence-corrected chi connectivity index (χ1v) is 17.8. The average molecular weight is 700 g/mol. The second kappa shape index (κ2) is 16.9. The van der Waals surface area contributed by atoms with Crippen molar-refractivity contribution in [1.29, 1.82) is 0 Å². The summed E-state index contributed by atoms with van der Waals surface area (Å²) in [4.78, 5) is 58.0. The number of nitrogens with zero attached hydrogens (tertiary/aromatic N) is 1. The lowest BCUT2D eigenvalue weighted by molar-refractivity contribution is -0.159. The van der Waals surface area contributed by atoms with Crippen LogP contribution >= 0.6 is 0 Å². The first kappa shape index (κ1) is 38.9. The Morgan fingerprint density at radius 2 is 1.29 bits per heavy atom. The number of phenolic OH excluding ortho intramolecular Hbond substituents is 1. The number of nitrogens with one attached hydrogen (secondary N) is 2. The molecule has 3 aromatic rings. The fraction of sp³-hybridized carbons (Fsp3) is 0.463. The molecule has 3 unspecified atom stereocenters. The molecule has 1 aliphatic carbocycles. The van der Waals surface area contributed by atoms with E-state index in [4.69, 9.17) is 9.47 Å². The van der Waals surface area contributed by atoms with Gasteiger partial charge in [0.1, 0.15) is 35.1 Å². The molecule has 51 heavy (non-hydrogen) atoms. The number of rotatable bonds is 13. The van der Waals surface area contributed by atoms with Crippen LogP contribution in [0.15, 0.2) is 78.9 Å². The van der Waals surface area contributed by atoms with Crippen LogP contribution in [-0.2, 0) is 43.1 Å². The van der Waals surface area contributed by atoms with Gasteiger partial charge in [0.2, 0.25) is 11.8 Å². The maximum absolute atomic E-state index is 14.9. The minimum Gasteiger partial charge on any atom is -0.508 e. The molecule has 0 aliphatic heterocycles. The van der Waals surface area contributed by atoms with E-state index in [1.54, 1.807) is 58.6 Å². The van der Waals surface area contributed by atoms with Crippen LogP contribution < -0.4 is 10.6 Å². The third kappa shape index (κ3) is 11.6. The van der Waals surface area contributed by atoms with E-state index >= 15 is 0 Å². The SMILES string of the molecule is CCc1ccc(C(C(=O)NC(Cc2ccccc2)C(=O)OC(C)(C)C)N(C(=O)C(Cc2ccc(O)cc2)NC(=O)OC(C)(C)C)C2CCC2)cc1. The van der Waals surface area contributed by atoms with Crippen molar-refractivity contribution in [2.45, 2.75) is 122 Å². The highest BCUT2D eigenvalue weighted by Crippen LogP contribution is 2.34. The van der Waals surface area contributed by atoms with Crippen LogP contribution in [0.3, 0.4) is 0 Å². The number of esters is 1. The first-order valence-electron chi connectivity index (χ1n) is 17.8. The smallest absolute Gasteiger partial charge is 0.408 e. The van der Waals surface area contributed by atoms with Gasteiger partial charge in [0.25, 0.3) is 0 Å². The molecule has 274 valence electrons. The molecule has 3 amide bonds. The maximum atomic E-state index is 14.9. The van der Waals surface area contributed by atoms with Crippen molar-refractivity contribution in [2.24, 2.45) is 0 Å². The molecule has 0 saturated heterocycles. The normalized spacial score (nSPS) is 15.0. The Hall–Kier alpha value is -4.86. The molecule has 10 heteroatoms. The predicted molar refractivity (Wildman–Crippen MR) is 196 cm³/mol. The Morgan fingerprint density at radius 1 is 0.745 bits per heavy atom. The van der Waals surface area contributed by atoms with Crippen molar-refractivity contribution in [3.63, 3.8) is 0 Å². The minimum absolute atomic E-state index is 0.0696. The molecule has 3 atom stereocenters. The van der Waals surface area contributed by atoms with E-state index in [1.165, 1.54) is 12.1 Å². The summed E-state index contributed by atoms with van der Waals surface area (Å²) in [5, 5.41) is 15.6. The molecular weight excluding hydrogens is 646 g/mol. The largest absolute Gasteiger partial charge is 0.508 e. The summed E-state index contributed by atoms with van der Waals surface area (Å²) >= 11 is 0. The van der Waals surface area contributed by atoms with Gasteiger partial charge in [-0.1, -0.05) is 73.7 Å². The van der Waals surface area contributed by atoms with E-state index in [0.29, 0.717) is 24.0 Å². The summed E-state index contributed by atoms with van der Waals surface area (Å²) in [5.74, 6) is -1.51. The fourth-order valence-electron chi connectivity index (χ4n) is 5.92.